The molecule has 1 atom stereocenters. The number of fused-ring (bicyclic) bond motifs is 2. The Balaban J connectivity index is 1.62. The van der Waals surface area contributed by atoms with E-state index in [0.717, 1.165) is 33.3 Å². The van der Waals surface area contributed by atoms with Crippen molar-refractivity contribution in [2.45, 2.75) is 26.3 Å². The molecular formula is C23H21N3O2. The zero-order chi connectivity index (χ0) is 19.7. The third-order valence-electron chi connectivity index (χ3n) is 5.09. The lowest BCUT2D eigenvalue weighted by Crippen LogP contribution is -2.33. The SMILES string of the molecule is CC(=O)N1C=Cc2ccccc2[C@@H]1CC(=O)Nc1ccc(C)c2ncccc12. The van der Waals surface area contributed by atoms with Gasteiger partial charge in [0.05, 0.1) is 23.7 Å². The van der Waals surface area contributed by atoms with Crippen molar-refractivity contribution in [3.8, 4) is 0 Å². The van der Waals surface area contributed by atoms with E-state index in [0.29, 0.717) is 0 Å². The number of aromatic nitrogens is 1. The number of anilines is 1. The maximum absolute atomic E-state index is 12.9. The molecule has 0 bridgehead atoms. The summed E-state index contributed by atoms with van der Waals surface area (Å²) in [7, 11) is 0. The second kappa shape index (κ2) is 7.27. The first-order chi connectivity index (χ1) is 13.5. The lowest BCUT2D eigenvalue weighted by Gasteiger charge is -2.32. The van der Waals surface area contributed by atoms with Gasteiger partial charge >= 0.3 is 0 Å². The normalized spacial score (nSPS) is 15.4. The Kier molecular flexibility index (Phi) is 4.65. The average Bonchev–Trinajstić information content (AvgIpc) is 2.70. The zero-order valence-electron chi connectivity index (χ0n) is 15.8. The van der Waals surface area contributed by atoms with Crippen molar-refractivity contribution < 1.29 is 9.59 Å². The van der Waals surface area contributed by atoms with E-state index < -0.39 is 0 Å². The third kappa shape index (κ3) is 3.27. The molecule has 2 aromatic carbocycles. The predicted molar refractivity (Wildman–Crippen MR) is 110 cm³/mol. The summed E-state index contributed by atoms with van der Waals surface area (Å²) in [6.45, 7) is 3.51. The predicted octanol–water partition coefficient (Wildman–Crippen LogP) is 4.45. The van der Waals surface area contributed by atoms with E-state index in [1.165, 1.54) is 6.92 Å². The number of carbonyl (C=O) groups is 2. The van der Waals surface area contributed by atoms with Crippen LogP contribution in [0.1, 0.15) is 36.1 Å². The van der Waals surface area contributed by atoms with Crippen LogP contribution in [-0.2, 0) is 9.59 Å². The number of nitrogens with one attached hydrogen (secondary N) is 1. The van der Waals surface area contributed by atoms with Gasteiger partial charge in [-0.3, -0.25) is 14.6 Å². The highest BCUT2D eigenvalue weighted by atomic mass is 16.2. The van der Waals surface area contributed by atoms with Gasteiger partial charge in [0.25, 0.3) is 0 Å². The van der Waals surface area contributed by atoms with Crippen molar-refractivity contribution in [1.29, 1.82) is 0 Å². The lowest BCUT2D eigenvalue weighted by atomic mass is 9.93. The van der Waals surface area contributed by atoms with Crippen LogP contribution in [0.2, 0.25) is 0 Å². The van der Waals surface area contributed by atoms with Gasteiger partial charge in [0, 0.05) is 24.7 Å². The molecule has 1 aliphatic rings. The lowest BCUT2D eigenvalue weighted by molar-refractivity contribution is -0.129. The average molecular weight is 371 g/mol. The molecule has 0 unspecified atom stereocenters. The quantitative estimate of drug-likeness (QED) is 0.740. The molecule has 3 aromatic rings. The highest BCUT2D eigenvalue weighted by Crippen LogP contribution is 2.33. The van der Waals surface area contributed by atoms with Crippen LogP contribution in [0.5, 0.6) is 0 Å². The summed E-state index contributed by atoms with van der Waals surface area (Å²) in [6.07, 6.45) is 5.59. The molecule has 0 fully saturated rings. The van der Waals surface area contributed by atoms with Gasteiger partial charge in [-0.05, 0) is 47.9 Å². The van der Waals surface area contributed by atoms with E-state index >= 15 is 0 Å². The number of nitrogens with zero attached hydrogens (tertiary/aromatic N) is 2. The molecule has 2 amide bonds. The van der Waals surface area contributed by atoms with Crippen LogP contribution in [0.3, 0.4) is 0 Å². The van der Waals surface area contributed by atoms with Gasteiger partial charge in [-0.1, -0.05) is 30.3 Å². The minimum atomic E-state index is -0.325. The van der Waals surface area contributed by atoms with Crippen molar-refractivity contribution in [3.63, 3.8) is 0 Å². The number of hydrogen-bond acceptors (Lipinski definition) is 3. The first-order valence-corrected chi connectivity index (χ1v) is 9.25. The van der Waals surface area contributed by atoms with Gasteiger partial charge in [-0.25, -0.2) is 0 Å². The highest BCUT2D eigenvalue weighted by Gasteiger charge is 2.28. The molecule has 1 aliphatic heterocycles. The van der Waals surface area contributed by atoms with Gasteiger partial charge in [-0.2, -0.15) is 0 Å². The standard InChI is InChI=1S/C23H21N3O2/c1-15-9-10-20(19-8-5-12-24-23(15)19)25-22(28)14-21-18-7-4-3-6-17(18)11-13-26(21)16(2)27/h3-13,21H,14H2,1-2H3,(H,25,28)/t21-/m0/s1. The molecular weight excluding hydrogens is 350 g/mol. The Labute approximate surface area is 163 Å². The van der Waals surface area contributed by atoms with Crippen LogP contribution in [0, 0.1) is 6.92 Å². The van der Waals surface area contributed by atoms with E-state index in [2.05, 4.69) is 10.3 Å². The van der Waals surface area contributed by atoms with Gasteiger partial charge in [0.1, 0.15) is 0 Å². The van der Waals surface area contributed by atoms with Gasteiger partial charge in [0.15, 0.2) is 0 Å². The fraction of sp³-hybridized carbons (Fsp3) is 0.174. The van der Waals surface area contributed by atoms with Crippen LogP contribution in [-0.4, -0.2) is 21.7 Å². The summed E-state index contributed by atoms with van der Waals surface area (Å²) in [5.41, 5.74) is 4.67. The number of rotatable bonds is 3. The summed E-state index contributed by atoms with van der Waals surface area (Å²) >= 11 is 0. The van der Waals surface area contributed by atoms with E-state index in [1.54, 1.807) is 17.3 Å². The molecule has 5 heteroatoms. The van der Waals surface area contributed by atoms with Gasteiger partial charge in [0.2, 0.25) is 11.8 Å². The molecule has 5 nitrogen and oxygen atoms in total. The van der Waals surface area contributed by atoms with Gasteiger partial charge < -0.3 is 10.2 Å². The second-order valence-electron chi connectivity index (χ2n) is 6.97. The number of amides is 2. The topological polar surface area (TPSA) is 62.3 Å². The Bertz CT molecular complexity index is 1100. The Morgan fingerprint density at radius 3 is 2.75 bits per heavy atom. The Morgan fingerprint density at radius 2 is 1.93 bits per heavy atom. The van der Waals surface area contributed by atoms with Crippen molar-refractivity contribution >= 4 is 34.5 Å². The van der Waals surface area contributed by atoms with E-state index in [9.17, 15) is 9.59 Å². The van der Waals surface area contributed by atoms with Crippen LogP contribution >= 0.6 is 0 Å². The largest absolute Gasteiger partial charge is 0.325 e. The summed E-state index contributed by atoms with van der Waals surface area (Å²) in [5, 5.41) is 3.91. The first kappa shape index (κ1) is 17.9. The number of hydrogen-bond donors (Lipinski definition) is 1. The van der Waals surface area contributed by atoms with E-state index in [1.807, 2.05) is 61.5 Å². The van der Waals surface area contributed by atoms with Crippen molar-refractivity contribution in [3.05, 3.63) is 77.6 Å². The molecule has 0 spiro atoms. The molecule has 0 aliphatic carbocycles. The maximum Gasteiger partial charge on any atom is 0.226 e. The molecule has 0 saturated carbocycles. The molecule has 2 heterocycles. The van der Waals surface area contributed by atoms with Gasteiger partial charge in [-0.15, -0.1) is 0 Å². The molecule has 1 aromatic heterocycles. The summed E-state index contributed by atoms with van der Waals surface area (Å²) in [6, 6.07) is 15.2. The Hall–Kier alpha value is -3.47. The molecule has 4 rings (SSSR count). The Morgan fingerprint density at radius 1 is 1.11 bits per heavy atom. The number of aryl methyl sites for hydroxylation is 1. The molecule has 140 valence electrons. The third-order valence-corrected chi connectivity index (χ3v) is 5.09. The molecule has 0 radical (unpaired) electrons. The highest BCUT2D eigenvalue weighted by molar-refractivity contribution is 6.02. The number of pyridine rings is 1. The number of benzene rings is 2. The van der Waals surface area contributed by atoms with Crippen molar-refractivity contribution in [1.82, 2.24) is 9.88 Å². The second-order valence-corrected chi connectivity index (χ2v) is 6.97. The van der Waals surface area contributed by atoms with Crippen LogP contribution in [0.4, 0.5) is 5.69 Å². The molecule has 1 N–H and O–H groups in total. The van der Waals surface area contributed by atoms with Crippen LogP contribution in [0.15, 0.2) is 60.9 Å². The minimum Gasteiger partial charge on any atom is -0.325 e. The fourth-order valence-corrected chi connectivity index (χ4v) is 3.71. The maximum atomic E-state index is 12.9. The monoisotopic (exact) mass is 371 g/mol. The van der Waals surface area contributed by atoms with Crippen LogP contribution < -0.4 is 5.32 Å². The molecule has 28 heavy (non-hydrogen) atoms. The van der Waals surface area contributed by atoms with Crippen molar-refractivity contribution in [2.75, 3.05) is 5.32 Å². The van der Waals surface area contributed by atoms with E-state index in [-0.39, 0.29) is 24.3 Å². The number of carbonyl (C=O) groups excluding carboxylic acids is 2. The first-order valence-electron chi connectivity index (χ1n) is 9.25. The summed E-state index contributed by atoms with van der Waals surface area (Å²) in [5.74, 6) is -0.233. The smallest absolute Gasteiger partial charge is 0.226 e. The van der Waals surface area contributed by atoms with E-state index in [4.69, 9.17) is 0 Å². The minimum absolute atomic E-state index is 0.0893. The summed E-state index contributed by atoms with van der Waals surface area (Å²) < 4.78 is 0. The zero-order valence-corrected chi connectivity index (χ0v) is 15.8. The molecule has 0 saturated heterocycles. The summed E-state index contributed by atoms with van der Waals surface area (Å²) in [4.78, 5) is 31.0. The van der Waals surface area contributed by atoms with Crippen LogP contribution in [0.25, 0.3) is 17.0 Å². The fourth-order valence-electron chi connectivity index (χ4n) is 3.71. The van der Waals surface area contributed by atoms with Crippen molar-refractivity contribution in [2.24, 2.45) is 0 Å².